The van der Waals surface area contributed by atoms with Crippen molar-refractivity contribution in [1.82, 2.24) is 9.97 Å². The SMILES string of the molecule is O=C(OCc1cccc2cccnc12)c1cncc(Br)c1. The molecular weight excluding hydrogens is 332 g/mol. The highest BCUT2D eigenvalue weighted by Gasteiger charge is 2.10. The second-order valence-electron chi connectivity index (χ2n) is 4.46. The minimum absolute atomic E-state index is 0.180. The summed E-state index contributed by atoms with van der Waals surface area (Å²) >= 11 is 3.28. The minimum atomic E-state index is -0.406. The van der Waals surface area contributed by atoms with Crippen molar-refractivity contribution in [3.8, 4) is 0 Å². The Morgan fingerprint density at radius 1 is 1.19 bits per heavy atom. The lowest BCUT2D eigenvalue weighted by Crippen LogP contribution is -2.06. The van der Waals surface area contributed by atoms with Crippen LogP contribution in [0.3, 0.4) is 0 Å². The van der Waals surface area contributed by atoms with E-state index in [2.05, 4.69) is 25.9 Å². The van der Waals surface area contributed by atoms with Gasteiger partial charge >= 0.3 is 5.97 Å². The Morgan fingerprint density at radius 2 is 2.05 bits per heavy atom. The summed E-state index contributed by atoms with van der Waals surface area (Å²) in [7, 11) is 0. The van der Waals surface area contributed by atoms with Gasteiger partial charge in [-0.15, -0.1) is 0 Å². The Bertz CT molecular complexity index is 800. The zero-order chi connectivity index (χ0) is 14.7. The predicted octanol–water partition coefficient (Wildman–Crippen LogP) is 3.75. The van der Waals surface area contributed by atoms with Crippen LogP contribution in [0.1, 0.15) is 15.9 Å². The third-order valence-electron chi connectivity index (χ3n) is 3.02. The highest BCUT2D eigenvalue weighted by molar-refractivity contribution is 9.10. The summed E-state index contributed by atoms with van der Waals surface area (Å²) in [6.45, 7) is 0.180. The van der Waals surface area contributed by atoms with Crippen LogP contribution in [0.25, 0.3) is 10.9 Å². The monoisotopic (exact) mass is 342 g/mol. The van der Waals surface area contributed by atoms with Gasteiger partial charge in [0.15, 0.2) is 0 Å². The van der Waals surface area contributed by atoms with E-state index in [9.17, 15) is 4.79 Å². The number of hydrogen-bond donors (Lipinski definition) is 0. The summed E-state index contributed by atoms with van der Waals surface area (Å²) in [4.78, 5) is 20.3. The molecule has 0 bridgehead atoms. The normalized spacial score (nSPS) is 10.5. The van der Waals surface area contributed by atoms with E-state index in [0.29, 0.717) is 5.56 Å². The fourth-order valence-electron chi connectivity index (χ4n) is 2.03. The van der Waals surface area contributed by atoms with E-state index in [1.807, 2.05) is 30.3 Å². The highest BCUT2D eigenvalue weighted by atomic mass is 79.9. The predicted molar refractivity (Wildman–Crippen MR) is 82.8 cm³/mol. The van der Waals surface area contributed by atoms with Gasteiger partial charge < -0.3 is 4.74 Å². The van der Waals surface area contributed by atoms with E-state index in [-0.39, 0.29) is 6.61 Å². The zero-order valence-corrected chi connectivity index (χ0v) is 12.6. The summed E-state index contributed by atoms with van der Waals surface area (Å²) in [6, 6.07) is 11.3. The average Bonchev–Trinajstić information content (AvgIpc) is 2.52. The molecule has 0 aliphatic rings. The van der Waals surface area contributed by atoms with Crippen LogP contribution >= 0.6 is 15.9 Å². The second kappa shape index (κ2) is 6.01. The quantitative estimate of drug-likeness (QED) is 0.680. The first-order valence-electron chi connectivity index (χ1n) is 6.34. The first-order chi connectivity index (χ1) is 10.2. The molecule has 2 aromatic heterocycles. The van der Waals surface area contributed by atoms with E-state index < -0.39 is 5.97 Å². The number of carbonyl (C=O) groups is 1. The Balaban J connectivity index is 1.79. The molecule has 2 heterocycles. The molecule has 4 nitrogen and oxygen atoms in total. The number of nitrogens with zero attached hydrogens (tertiary/aromatic N) is 2. The van der Waals surface area contributed by atoms with Gasteiger partial charge in [-0.25, -0.2) is 4.79 Å². The van der Waals surface area contributed by atoms with Crippen LogP contribution in [0.4, 0.5) is 0 Å². The second-order valence-corrected chi connectivity index (χ2v) is 5.38. The number of halogens is 1. The zero-order valence-electron chi connectivity index (χ0n) is 11.0. The lowest BCUT2D eigenvalue weighted by atomic mass is 10.1. The molecule has 0 radical (unpaired) electrons. The number of aromatic nitrogens is 2. The van der Waals surface area contributed by atoms with Crippen LogP contribution in [0, 0.1) is 0 Å². The molecule has 21 heavy (non-hydrogen) atoms. The number of esters is 1. The van der Waals surface area contributed by atoms with E-state index in [1.54, 1.807) is 18.5 Å². The summed E-state index contributed by atoms with van der Waals surface area (Å²) in [5.74, 6) is -0.406. The lowest BCUT2D eigenvalue weighted by molar-refractivity contribution is 0.0473. The van der Waals surface area contributed by atoms with Crippen molar-refractivity contribution in [2.45, 2.75) is 6.61 Å². The van der Waals surface area contributed by atoms with Crippen LogP contribution in [0.2, 0.25) is 0 Å². The summed E-state index contributed by atoms with van der Waals surface area (Å²) in [5.41, 5.74) is 2.14. The summed E-state index contributed by atoms with van der Waals surface area (Å²) in [5, 5.41) is 1.02. The Morgan fingerprint density at radius 3 is 2.90 bits per heavy atom. The van der Waals surface area contributed by atoms with Crippen molar-refractivity contribution in [2.24, 2.45) is 0 Å². The third-order valence-corrected chi connectivity index (χ3v) is 3.45. The van der Waals surface area contributed by atoms with Crippen LogP contribution in [-0.4, -0.2) is 15.9 Å². The number of hydrogen-bond acceptors (Lipinski definition) is 4. The molecule has 0 saturated heterocycles. The van der Waals surface area contributed by atoms with Gasteiger partial charge in [0.25, 0.3) is 0 Å². The van der Waals surface area contributed by atoms with Gasteiger partial charge in [0.05, 0.1) is 11.1 Å². The molecule has 0 amide bonds. The van der Waals surface area contributed by atoms with Crippen LogP contribution in [0.15, 0.2) is 59.5 Å². The molecule has 0 fully saturated rings. The van der Waals surface area contributed by atoms with Crippen molar-refractivity contribution in [2.75, 3.05) is 0 Å². The van der Waals surface area contributed by atoms with Crippen molar-refractivity contribution in [1.29, 1.82) is 0 Å². The molecule has 0 aliphatic heterocycles. The fourth-order valence-corrected chi connectivity index (χ4v) is 2.40. The van der Waals surface area contributed by atoms with E-state index in [1.165, 1.54) is 6.20 Å². The van der Waals surface area contributed by atoms with Gasteiger partial charge in [0, 0.05) is 34.0 Å². The molecule has 0 N–H and O–H groups in total. The molecule has 0 atom stereocenters. The van der Waals surface area contributed by atoms with Gasteiger partial charge in [-0.3, -0.25) is 9.97 Å². The molecule has 1 aromatic carbocycles. The van der Waals surface area contributed by atoms with E-state index in [0.717, 1.165) is 20.9 Å². The Hall–Kier alpha value is -2.27. The van der Waals surface area contributed by atoms with Gasteiger partial charge in [-0.1, -0.05) is 24.3 Å². The maximum Gasteiger partial charge on any atom is 0.340 e. The first kappa shape index (κ1) is 13.7. The molecular formula is C16H11BrN2O2. The number of ether oxygens (including phenoxy) is 1. The number of rotatable bonds is 3. The van der Waals surface area contributed by atoms with Crippen molar-refractivity contribution >= 4 is 32.8 Å². The third kappa shape index (κ3) is 3.08. The largest absolute Gasteiger partial charge is 0.457 e. The summed E-state index contributed by atoms with van der Waals surface area (Å²) < 4.78 is 6.08. The molecule has 0 unspecified atom stereocenters. The number of para-hydroxylation sites is 1. The van der Waals surface area contributed by atoms with Crippen LogP contribution in [0.5, 0.6) is 0 Å². The number of benzene rings is 1. The number of carbonyl (C=O) groups excluding carboxylic acids is 1. The lowest BCUT2D eigenvalue weighted by Gasteiger charge is -2.07. The molecule has 0 aliphatic carbocycles. The number of fused-ring (bicyclic) bond motifs is 1. The molecule has 3 rings (SSSR count). The van der Waals surface area contributed by atoms with Crippen molar-refractivity contribution < 1.29 is 9.53 Å². The van der Waals surface area contributed by atoms with Gasteiger partial charge in [-0.2, -0.15) is 0 Å². The van der Waals surface area contributed by atoms with Crippen molar-refractivity contribution in [3.05, 3.63) is 70.6 Å². The Kier molecular flexibility index (Phi) is 3.92. The highest BCUT2D eigenvalue weighted by Crippen LogP contribution is 2.17. The average molecular weight is 343 g/mol. The Labute approximate surface area is 129 Å². The maximum atomic E-state index is 12.0. The van der Waals surface area contributed by atoms with E-state index in [4.69, 9.17) is 4.74 Å². The standard InChI is InChI=1S/C16H11BrN2O2/c17-14-7-13(8-18-9-14)16(20)21-10-12-4-1-3-11-5-2-6-19-15(11)12/h1-9H,10H2. The van der Waals surface area contributed by atoms with Crippen LogP contribution in [-0.2, 0) is 11.3 Å². The molecule has 3 aromatic rings. The topological polar surface area (TPSA) is 52.1 Å². The molecule has 104 valence electrons. The first-order valence-corrected chi connectivity index (χ1v) is 7.13. The number of pyridine rings is 2. The van der Waals surface area contributed by atoms with Crippen molar-refractivity contribution in [3.63, 3.8) is 0 Å². The molecule has 5 heteroatoms. The van der Waals surface area contributed by atoms with Crippen LogP contribution < -0.4 is 0 Å². The summed E-state index contributed by atoms with van der Waals surface area (Å²) in [6.07, 6.45) is 4.83. The molecule has 0 saturated carbocycles. The fraction of sp³-hybridized carbons (Fsp3) is 0.0625. The smallest absolute Gasteiger partial charge is 0.340 e. The molecule has 0 spiro atoms. The maximum absolute atomic E-state index is 12.0. The minimum Gasteiger partial charge on any atom is -0.457 e. The van der Waals surface area contributed by atoms with Gasteiger partial charge in [0.1, 0.15) is 6.61 Å². The van der Waals surface area contributed by atoms with E-state index >= 15 is 0 Å². The van der Waals surface area contributed by atoms with Gasteiger partial charge in [-0.05, 0) is 28.1 Å². The van der Waals surface area contributed by atoms with Gasteiger partial charge in [0.2, 0.25) is 0 Å².